The van der Waals surface area contributed by atoms with Crippen molar-refractivity contribution in [2.45, 2.75) is 32.2 Å². The standard InChI is InChI=1S/C14H17N3O/c1-8-5-6-11-10(7-8)9-3-2-4-12(13(9)16-11)17-14(15)18/h5-7,12,16H,2-4H2,1H3,(H3,15,17,18). The molecule has 0 saturated heterocycles. The first-order valence-electron chi connectivity index (χ1n) is 6.32. The van der Waals surface area contributed by atoms with Crippen LogP contribution in [0.1, 0.15) is 35.7 Å². The highest BCUT2D eigenvalue weighted by Gasteiger charge is 2.24. The summed E-state index contributed by atoms with van der Waals surface area (Å²) in [6.45, 7) is 2.10. The topological polar surface area (TPSA) is 70.9 Å². The van der Waals surface area contributed by atoms with E-state index in [-0.39, 0.29) is 6.04 Å². The highest BCUT2D eigenvalue weighted by Crippen LogP contribution is 2.34. The average Bonchev–Trinajstić information content (AvgIpc) is 2.68. The van der Waals surface area contributed by atoms with E-state index in [9.17, 15) is 4.79 Å². The summed E-state index contributed by atoms with van der Waals surface area (Å²) in [6, 6.07) is 5.98. The number of aryl methyl sites for hydroxylation is 2. The number of hydrogen-bond acceptors (Lipinski definition) is 1. The Hall–Kier alpha value is -1.97. The highest BCUT2D eigenvalue weighted by molar-refractivity contribution is 5.86. The van der Waals surface area contributed by atoms with Crippen molar-refractivity contribution in [1.29, 1.82) is 0 Å². The Morgan fingerprint density at radius 2 is 2.33 bits per heavy atom. The van der Waals surface area contributed by atoms with Crippen LogP contribution >= 0.6 is 0 Å². The van der Waals surface area contributed by atoms with Crippen molar-refractivity contribution in [2.24, 2.45) is 5.73 Å². The Morgan fingerprint density at radius 3 is 3.11 bits per heavy atom. The Morgan fingerprint density at radius 1 is 1.50 bits per heavy atom. The van der Waals surface area contributed by atoms with Crippen LogP contribution in [0, 0.1) is 6.92 Å². The molecular weight excluding hydrogens is 226 g/mol. The number of nitrogens with one attached hydrogen (secondary N) is 2. The van der Waals surface area contributed by atoms with Crippen molar-refractivity contribution in [2.75, 3.05) is 0 Å². The van der Waals surface area contributed by atoms with Gasteiger partial charge in [0.05, 0.1) is 6.04 Å². The fourth-order valence-electron chi connectivity index (χ4n) is 2.89. The lowest BCUT2D eigenvalue weighted by Gasteiger charge is -2.22. The molecule has 0 bridgehead atoms. The molecule has 4 N–H and O–H groups in total. The van der Waals surface area contributed by atoms with E-state index in [0.29, 0.717) is 0 Å². The third-order valence-electron chi connectivity index (χ3n) is 3.68. The molecule has 0 spiro atoms. The van der Waals surface area contributed by atoms with Gasteiger partial charge in [0.2, 0.25) is 0 Å². The van der Waals surface area contributed by atoms with Crippen LogP contribution in [0.15, 0.2) is 18.2 Å². The Kier molecular flexibility index (Phi) is 2.51. The summed E-state index contributed by atoms with van der Waals surface area (Å²) in [6.07, 6.45) is 3.09. The molecule has 1 aromatic heterocycles. The van der Waals surface area contributed by atoms with Gasteiger partial charge in [-0.15, -0.1) is 0 Å². The molecule has 4 nitrogen and oxygen atoms in total. The number of carbonyl (C=O) groups is 1. The summed E-state index contributed by atoms with van der Waals surface area (Å²) in [4.78, 5) is 14.5. The zero-order valence-corrected chi connectivity index (χ0v) is 10.4. The second-order valence-electron chi connectivity index (χ2n) is 5.02. The number of H-pyrrole nitrogens is 1. The SMILES string of the molecule is Cc1ccc2[nH]c3c(c2c1)CCCC3NC(N)=O. The van der Waals surface area contributed by atoms with Crippen molar-refractivity contribution < 1.29 is 4.79 Å². The molecule has 3 rings (SSSR count). The minimum absolute atomic E-state index is 0.0268. The summed E-state index contributed by atoms with van der Waals surface area (Å²) >= 11 is 0. The van der Waals surface area contributed by atoms with Crippen LogP contribution in [-0.4, -0.2) is 11.0 Å². The lowest BCUT2D eigenvalue weighted by atomic mass is 9.91. The van der Waals surface area contributed by atoms with Crippen LogP contribution in [0.4, 0.5) is 4.79 Å². The fraction of sp³-hybridized carbons (Fsp3) is 0.357. The van der Waals surface area contributed by atoms with E-state index in [0.717, 1.165) is 30.5 Å². The molecule has 0 aliphatic heterocycles. The quantitative estimate of drug-likeness (QED) is 0.707. The molecule has 0 fully saturated rings. The number of aromatic nitrogens is 1. The number of urea groups is 1. The molecule has 1 aromatic carbocycles. The number of amides is 2. The molecule has 0 radical (unpaired) electrons. The summed E-state index contributed by atoms with van der Waals surface area (Å²) in [7, 11) is 0. The third-order valence-corrected chi connectivity index (χ3v) is 3.68. The smallest absolute Gasteiger partial charge is 0.312 e. The number of nitrogens with two attached hydrogens (primary N) is 1. The first-order chi connectivity index (χ1) is 8.65. The van der Waals surface area contributed by atoms with Gasteiger partial charge in [0.25, 0.3) is 0 Å². The molecule has 94 valence electrons. The van der Waals surface area contributed by atoms with Gasteiger partial charge >= 0.3 is 6.03 Å². The second kappa shape index (κ2) is 4.05. The molecule has 2 aromatic rings. The van der Waals surface area contributed by atoms with Crippen molar-refractivity contribution in [3.8, 4) is 0 Å². The first kappa shape index (κ1) is 11.1. The molecule has 1 unspecified atom stereocenters. The van der Waals surface area contributed by atoms with Gasteiger partial charge in [-0.3, -0.25) is 0 Å². The predicted octanol–water partition coefficient (Wildman–Crippen LogP) is 2.52. The predicted molar refractivity (Wildman–Crippen MR) is 71.4 cm³/mol. The van der Waals surface area contributed by atoms with Crippen molar-refractivity contribution >= 4 is 16.9 Å². The minimum Gasteiger partial charge on any atom is -0.356 e. The molecular formula is C14H17N3O. The lowest BCUT2D eigenvalue weighted by Crippen LogP contribution is -2.34. The minimum atomic E-state index is -0.456. The van der Waals surface area contributed by atoms with Gasteiger partial charge < -0.3 is 16.0 Å². The molecule has 18 heavy (non-hydrogen) atoms. The molecule has 1 atom stereocenters. The normalized spacial score (nSPS) is 18.6. The molecule has 1 heterocycles. The summed E-state index contributed by atoms with van der Waals surface area (Å²) in [5.74, 6) is 0. The van der Waals surface area contributed by atoms with E-state index < -0.39 is 6.03 Å². The van der Waals surface area contributed by atoms with Crippen molar-refractivity contribution in [1.82, 2.24) is 10.3 Å². The number of primary amides is 1. The van der Waals surface area contributed by atoms with E-state index in [1.54, 1.807) is 0 Å². The van der Waals surface area contributed by atoms with Gasteiger partial charge in [0.1, 0.15) is 0 Å². The van der Waals surface area contributed by atoms with Gasteiger partial charge in [-0.05, 0) is 43.9 Å². The highest BCUT2D eigenvalue weighted by atomic mass is 16.2. The molecule has 1 aliphatic rings. The number of benzene rings is 1. The maximum absolute atomic E-state index is 11.0. The number of rotatable bonds is 1. The van der Waals surface area contributed by atoms with Gasteiger partial charge in [0, 0.05) is 16.6 Å². The average molecular weight is 243 g/mol. The summed E-state index contributed by atoms with van der Waals surface area (Å²) < 4.78 is 0. The van der Waals surface area contributed by atoms with Gasteiger partial charge in [0.15, 0.2) is 0 Å². The van der Waals surface area contributed by atoms with Gasteiger partial charge in [-0.2, -0.15) is 0 Å². The Bertz CT molecular complexity index is 615. The van der Waals surface area contributed by atoms with E-state index in [4.69, 9.17) is 5.73 Å². The largest absolute Gasteiger partial charge is 0.356 e. The monoisotopic (exact) mass is 243 g/mol. The van der Waals surface area contributed by atoms with Gasteiger partial charge in [-0.25, -0.2) is 4.79 Å². The van der Waals surface area contributed by atoms with Crippen LogP contribution in [0.5, 0.6) is 0 Å². The maximum atomic E-state index is 11.0. The zero-order chi connectivity index (χ0) is 12.7. The third kappa shape index (κ3) is 1.74. The molecule has 1 aliphatic carbocycles. The van der Waals surface area contributed by atoms with Crippen LogP contribution in [0.2, 0.25) is 0 Å². The van der Waals surface area contributed by atoms with Crippen molar-refractivity contribution in [3.63, 3.8) is 0 Å². The van der Waals surface area contributed by atoms with E-state index in [2.05, 4.69) is 35.4 Å². The zero-order valence-electron chi connectivity index (χ0n) is 10.4. The number of hydrogen-bond donors (Lipinski definition) is 3. The summed E-state index contributed by atoms with van der Waals surface area (Å²) in [5.41, 5.74) is 10.1. The number of aromatic amines is 1. The maximum Gasteiger partial charge on any atom is 0.312 e. The fourth-order valence-corrected chi connectivity index (χ4v) is 2.89. The Balaban J connectivity index is 2.12. The number of carbonyl (C=O) groups excluding carboxylic acids is 1. The molecule has 4 heteroatoms. The van der Waals surface area contributed by atoms with E-state index in [1.165, 1.54) is 16.5 Å². The Labute approximate surface area is 106 Å². The molecule has 2 amide bonds. The van der Waals surface area contributed by atoms with Crippen LogP contribution in [-0.2, 0) is 6.42 Å². The van der Waals surface area contributed by atoms with E-state index >= 15 is 0 Å². The molecule has 0 saturated carbocycles. The van der Waals surface area contributed by atoms with Crippen LogP contribution < -0.4 is 11.1 Å². The summed E-state index contributed by atoms with van der Waals surface area (Å²) in [5, 5.41) is 4.10. The van der Waals surface area contributed by atoms with Crippen molar-refractivity contribution in [3.05, 3.63) is 35.0 Å². The van der Waals surface area contributed by atoms with Crippen LogP contribution in [0.25, 0.3) is 10.9 Å². The second-order valence-corrected chi connectivity index (χ2v) is 5.02. The van der Waals surface area contributed by atoms with E-state index in [1.807, 2.05) is 0 Å². The first-order valence-corrected chi connectivity index (χ1v) is 6.32. The van der Waals surface area contributed by atoms with Crippen LogP contribution in [0.3, 0.4) is 0 Å². The lowest BCUT2D eigenvalue weighted by molar-refractivity contribution is 0.243. The number of fused-ring (bicyclic) bond motifs is 3. The van der Waals surface area contributed by atoms with Gasteiger partial charge in [-0.1, -0.05) is 11.6 Å².